The molecule has 0 amide bonds. The maximum absolute atomic E-state index is 2.43. The highest BCUT2D eigenvalue weighted by Crippen LogP contribution is 2.48. The van der Waals surface area contributed by atoms with Crippen LogP contribution >= 0.6 is 0 Å². The molecule has 62 heavy (non-hydrogen) atoms. The summed E-state index contributed by atoms with van der Waals surface area (Å²) in [5, 5.41) is 7.66. The van der Waals surface area contributed by atoms with E-state index in [0.29, 0.717) is 5.92 Å². The molecule has 1 nitrogen and oxygen atoms in total. The highest BCUT2D eigenvalue weighted by Gasteiger charge is 2.28. The van der Waals surface area contributed by atoms with Gasteiger partial charge < -0.3 is 4.57 Å². The summed E-state index contributed by atoms with van der Waals surface area (Å²) >= 11 is 0. The Morgan fingerprint density at radius 3 is 1.63 bits per heavy atom. The minimum absolute atomic E-state index is 0.389. The van der Waals surface area contributed by atoms with Gasteiger partial charge >= 0.3 is 0 Å². The van der Waals surface area contributed by atoms with Gasteiger partial charge in [0, 0.05) is 22.4 Å². The van der Waals surface area contributed by atoms with Gasteiger partial charge in [-0.15, -0.1) is 0 Å². The van der Waals surface area contributed by atoms with Gasteiger partial charge in [0.25, 0.3) is 0 Å². The van der Waals surface area contributed by atoms with Crippen molar-refractivity contribution in [1.82, 2.24) is 4.57 Å². The Morgan fingerprint density at radius 2 is 0.903 bits per heavy atom. The van der Waals surface area contributed by atoms with Gasteiger partial charge in [-0.3, -0.25) is 0 Å². The zero-order chi connectivity index (χ0) is 41.0. The molecule has 0 fully saturated rings. The molecule has 0 saturated heterocycles. The van der Waals surface area contributed by atoms with Gasteiger partial charge in [0.05, 0.1) is 11.0 Å². The summed E-state index contributed by atoms with van der Waals surface area (Å²) in [7, 11) is 0. The van der Waals surface area contributed by atoms with Crippen LogP contribution in [-0.4, -0.2) is 4.57 Å². The van der Waals surface area contributed by atoms with Crippen molar-refractivity contribution >= 4 is 55.5 Å². The van der Waals surface area contributed by atoms with Gasteiger partial charge in [-0.2, -0.15) is 0 Å². The van der Waals surface area contributed by atoms with Crippen LogP contribution in [0.3, 0.4) is 0 Å². The van der Waals surface area contributed by atoms with Crippen LogP contribution < -0.4 is 0 Å². The molecule has 1 aromatic heterocycles. The van der Waals surface area contributed by atoms with E-state index in [1.165, 1.54) is 105 Å². The van der Waals surface area contributed by atoms with Crippen LogP contribution in [-0.2, 0) is 6.42 Å². The molecule has 0 saturated carbocycles. The van der Waals surface area contributed by atoms with Crippen LogP contribution in [0.2, 0.25) is 0 Å². The molecule has 12 rings (SSSR count). The zero-order valence-corrected chi connectivity index (χ0v) is 34.4. The Balaban J connectivity index is 0.763. The van der Waals surface area contributed by atoms with Crippen molar-refractivity contribution in [3.8, 4) is 39.1 Å². The van der Waals surface area contributed by atoms with Crippen molar-refractivity contribution in [3.63, 3.8) is 0 Å². The molecule has 0 aliphatic heterocycles. The second-order valence-corrected chi connectivity index (χ2v) is 16.8. The lowest BCUT2D eigenvalue weighted by molar-refractivity contribution is 0.729. The van der Waals surface area contributed by atoms with E-state index in [4.69, 9.17) is 0 Å². The average molecular weight is 790 g/mol. The molecule has 1 unspecified atom stereocenters. The summed E-state index contributed by atoms with van der Waals surface area (Å²) < 4.78 is 2.40. The number of aryl methyl sites for hydroxylation is 1. The van der Waals surface area contributed by atoms with Crippen molar-refractivity contribution in [1.29, 1.82) is 0 Å². The monoisotopic (exact) mass is 789 g/mol. The number of aromatic nitrogens is 1. The molecule has 11 aromatic rings. The number of nitrogens with zero attached hydrogens (tertiary/aromatic N) is 1. The number of hydrogen-bond donors (Lipinski definition) is 0. The Hall–Kier alpha value is -7.74. The van der Waals surface area contributed by atoms with Gasteiger partial charge in [-0.25, -0.2) is 0 Å². The van der Waals surface area contributed by atoms with E-state index in [1.54, 1.807) is 0 Å². The first-order valence-corrected chi connectivity index (χ1v) is 21.8. The summed E-state index contributed by atoms with van der Waals surface area (Å²) in [6.07, 6.45) is 6.56. The van der Waals surface area contributed by atoms with E-state index in [1.807, 2.05) is 0 Å². The molecule has 1 heteroatoms. The second-order valence-electron chi connectivity index (χ2n) is 16.8. The molecular formula is C61H43N. The van der Waals surface area contributed by atoms with Gasteiger partial charge in [-0.1, -0.05) is 194 Å². The molecule has 0 bridgehead atoms. The van der Waals surface area contributed by atoms with Gasteiger partial charge in [0.2, 0.25) is 0 Å². The number of rotatable bonds is 8. The Kier molecular flexibility index (Phi) is 8.78. The van der Waals surface area contributed by atoms with Crippen LogP contribution in [0.4, 0.5) is 0 Å². The standard InChI is InChI=1S/C61H43N/c1-3-15-49-44(11-1)13-9-20-51(49)46-32-37-56-55(53-17-5-6-18-54(53)58(56)39-46)36-31-42-26-23-41(24-27-42)25-28-43-29-34-48(35-30-43)62-60-22-8-7-19-57(60)59-40-47(33-38-61(59)62)52-21-10-14-45-12-2-4-16-50(45)52/h1-30,32-35,37-40,55H,31,36H2/b28-25+. The lowest BCUT2D eigenvalue weighted by Crippen LogP contribution is -1.99. The fourth-order valence-electron chi connectivity index (χ4n) is 10.2. The predicted octanol–water partition coefficient (Wildman–Crippen LogP) is 16.3. The van der Waals surface area contributed by atoms with Crippen LogP contribution in [0, 0.1) is 0 Å². The summed E-state index contributed by atoms with van der Waals surface area (Å²) in [5.74, 6) is 0.389. The Morgan fingerprint density at radius 1 is 0.371 bits per heavy atom. The van der Waals surface area contributed by atoms with Crippen molar-refractivity contribution in [2.75, 3.05) is 0 Å². The molecule has 0 radical (unpaired) electrons. The van der Waals surface area contributed by atoms with Crippen molar-refractivity contribution in [3.05, 3.63) is 246 Å². The fourth-order valence-corrected chi connectivity index (χ4v) is 10.2. The lowest BCUT2D eigenvalue weighted by atomic mass is 9.89. The number of hydrogen-bond acceptors (Lipinski definition) is 0. The lowest BCUT2D eigenvalue weighted by Gasteiger charge is -2.15. The molecule has 1 atom stereocenters. The second kappa shape index (κ2) is 15.1. The average Bonchev–Trinajstić information content (AvgIpc) is 3.84. The number of benzene rings is 10. The summed E-state index contributed by atoms with van der Waals surface area (Å²) in [4.78, 5) is 0. The zero-order valence-electron chi connectivity index (χ0n) is 34.4. The first-order chi connectivity index (χ1) is 30.7. The van der Waals surface area contributed by atoms with Crippen molar-refractivity contribution in [2.24, 2.45) is 0 Å². The fraction of sp³-hybridized carbons (Fsp3) is 0.0492. The first kappa shape index (κ1) is 36.1. The molecule has 292 valence electrons. The summed E-state index contributed by atoms with van der Waals surface area (Å²) in [6.45, 7) is 0. The van der Waals surface area contributed by atoms with E-state index in [0.717, 1.165) is 18.5 Å². The molecule has 0 N–H and O–H groups in total. The van der Waals surface area contributed by atoms with Crippen LogP contribution in [0.1, 0.15) is 40.2 Å². The van der Waals surface area contributed by atoms with Crippen LogP contribution in [0.5, 0.6) is 0 Å². The minimum Gasteiger partial charge on any atom is -0.309 e. The third-order valence-electron chi connectivity index (χ3n) is 13.2. The highest BCUT2D eigenvalue weighted by atomic mass is 15.0. The third kappa shape index (κ3) is 6.25. The third-order valence-corrected chi connectivity index (χ3v) is 13.2. The maximum atomic E-state index is 2.43. The Labute approximate surface area is 362 Å². The first-order valence-electron chi connectivity index (χ1n) is 21.8. The van der Waals surface area contributed by atoms with E-state index in [2.05, 4.69) is 235 Å². The van der Waals surface area contributed by atoms with E-state index in [-0.39, 0.29) is 0 Å². The summed E-state index contributed by atoms with van der Waals surface area (Å²) in [5.41, 5.74) is 18.1. The Bertz CT molecular complexity index is 3500. The normalized spacial score (nSPS) is 13.4. The van der Waals surface area contributed by atoms with Gasteiger partial charge in [-0.05, 0) is 132 Å². The number of para-hydroxylation sites is 1. The largest absolute Gasteiger partial charge is 0.309 e. The van der Waals surface area contributed by atoms with Crippen LogP contribution in [0.25, 0.3) is 94.6 Å². The SMILES string of the molecule is C(=C\c1ccc(-n2c3ccccc3c3cc(-c4cccc5ccccc45)ccc32)cc1)/c1ccc(CCC2c3ccccc3-c3cc(-c4cccc5ccccc45)ccc32)cc1. The van der Waals surface area contributed by atoms with Gasteiger partial charge in [0.1, 0.15) is 0 Å². The van der Waals surface area contributed by atoms with Crippen LogP contribution in [0.15, 0.2) is 218 Å². The quantitative estimate of drug-likeness (QED) is 0.135. The summed E-state index contributed by atoms with van der Waals surface area (Å²) in [6, 6.07) is 80.6. The van der Waals surface area contributed by atoms with Crippen molar-refractivity contribution < 1.29 is 0 Å². The molecular weight excluding hydrogens is 747 g/mol. The molecule has 1 aliphatic rings. The number of fused-ring (bicyclic) bond motifs is 8. The molecule has 10 aromatic carbocycles. The molecule has 1 heterocycles. The minimum atomic E-state index is 0.389. The van der Waals surface area contributed by atoms with Crippen molar-refractivity contribution in [2.45, 2.75) is 18.8 Å². The maximum Gasteiger partial charge on any atom is 0.0541 e. The van der Waals surface area contributed by atoms with E-state index < -0.39 is 0 Å². The molecule has 1 aliphatic carbocycles. The van der Waals surface area contributed by atoms with E-state index >= 15 is 0 Å². The smallest absolute Gasteiger partial charge is 0.0541 e. The topological polar surface area (TPSA) is 4.93 Å². The highest BCUT2D eigenvalue weighted by molar-refractivity contribution is 6.11. The predicted molar refractivity (Wildman–Crippen MR) is 264 cm³/mol. The molecule has 0 spiro atoms. The van der Waals surface area contributed by atoms with E-state index in [9.17, 15) is 0 Å². The van der Waals surface area contributed by atoms with Gasteiger partial charge in [0.15, 0.2) is 0 Å².